The fourth-order valence-corrected chi connectivity index (χ4v) is 2.10. The van der Waals surface area contributed by atoms with E-state index >= 15 is 0 Å². The van der Waals surface area contributed by atoms with Gasteiger partial charge in [-0.15, -0.1) is 0 Å². The highest BCUT2D eigenvalue weighted by molar-refractivity contribution is 5.80. The highest BCUT2D eigenvalue weighted by Gasteiger charge is 2.13. The minimum atomic E-state index is 0.318. The standard InChI is InChI=1S/C17H27N3O2/c1-5-18-17(20-13(4)12(2)3)19-9-8-14-6-7-15-16(10-14)22-11-21-15/h6-7,10,12-13H,5,8-9,11H2,1-4H3,(H2,18,19,20). The molecule has 2 N–H and O–H groups in total. The number of nitrogens with zero attached hydrogens (tertiary/aromatic N) is 1. The number of ether oxygens (including phenoxy) is 2. The van der Waals surface area contributed by atoms with Crippen molar-refractivity contribution in [2.45, 2.75) is 40.2 Å². The van der Waals surface area contributed by atoms with E-state index < -0.39 is 0 Å². The van der Waals surface area contributed by atoms with E-state index in [4.69, 9.17) is 9.47 Å². The molecule has 122 valence electrons. The molecule has 0 fully saturated rings. The number of fused-ring (bicyclic) bond motifs is 1. The molecule has 0 saturated carbocycles. The molecule has 0 radical (unpaired) electrons. The van der Waals surface area contributed by atoms with Crippen LogP contribution < -0.4 is 20.1 Å². The first-order chi connectivity index (χ1) is 10.6. The quantitative estimate of drug-likeness (QED) is 0.626. The number of hydrogen-bond donors (Lipinski definition) is 2. The fraction of sp³-hybridized carbons (Fsp3) is 0.588. The van der Waals surface area contributed by atoms with Crippen molar-refractivity contribution in [2.75, 3.05) is 19.9 Å². The van der Waals surface area contributed by atoms with Crippen LogP contribution in [0.5, 0.6) is 11.5 Å². The predicted molar refractivity (Wildman–Crippen MR) is 89.7 cm³/mol. The lowest BCUT2D eigenvalue weighted by Gasteiger charge is -2.20. The molecule has 5 nitrogen and oxygen atoms in total. The second-order valence-corrected chi connectivity index (χ2v) is 5.88. The Bertz CT molecular complexity index is 515. The molecule has 1 aromatic rings. The molecule has 22 heavy (non-hydrogen) atoms. The van der Waals surface area contributed by atoms with Gasteiger partial charge in [-0.1, -0.05) is 19.9 Å². The topological polar surface area (TPSA) is 54.9 Å². The Hall–Kier alpha value is -1.91. The van der Waals surface area contributed by atoms with E-state index in [2.05, 4.69) is 49.4 Å². The predicted octanol–water partition coefficient (Wildman–Crippen LogP) is 2.56. The molecule has 0 aromatic heterocycles. The number of rotatable bonds is 6. The number of hydrogen-bond acceptors (Lipinski definition) is 3. The Labute approximate surface area is 133 Å². The van der Waals surface area contributed by atoms with Gasteiger partial charge in [0.25, 0.3) is 0 Å². The zero-order valence-electron chi connectivity index (χ0n) is 14.0. The van der Waals surface area contributed by atoms with Crippen LogP contribution in [0.2, 0.25) is 0 Å². The van der Waals surface area contributed by atoms with Crippen LogP contribution in [-0.4, -0.2) is 31.9 Å². The lowest BCUT2D eigenvalue weighted by atomic mass is 10.1. The average molecular weight is 305 g/mol. The molecule has 0 spiro atoms. The summed E-state index contributed by atoms with van der Waals surface area (Å²) in [6.45, 7) is 10.6. The van der Waals surface area contributed by atoms with Gasteiger partial charge in [-0.05, 0) is 43.9 Å². The maximum absolute atomic E-state index is 5.40. The van der Waals surface area contributed by atoms with Gasteiger partial charge in [-0.25, -0.2) is 0 Å². The van der Waals surface area contributed by atoms with Crippen molar-refractivity contribution in [3.8, 4) is 11.5 Å². The summed E-state index contributed by atoms with van der Waals surface area (Å²) in [4.78, 5) is 4.65. The SMILES string of the molecule is CCNC(=NCCc1ccc2c(c1)OCO2)NC(C)C(C)C. The minimum Gasteiger partial charge on any atom is -0.454 e. The van der Waals surface area contributed by atoms with Gasteiger partial charge in [0.05, 0.1) is 0 Å². The summed E-state index contributed by atoms with van der Waals surface area (Å²) >= 11 is 0. The van der Waals surface area contributed by atoms with Crippen LogP contribution in [0, 0.1) is 5.92 Å². The Morgan fingerprint density at radius 1 is 1.23 bits per heavy atom. The molecule has 2 rings (SSSR count). The molecule has 1 atom stereocenters. The van der Waals surface area contributed by atoms with Gasteiger partial charge in [0.2, 0.25) is 6.79 Å². The summed E-state index contributed by atoms with van der Waals surface area (Å²) in [6, 6.07) is 6.46. The van der Waals surface area contributed by atoms with Crippen LogP contribution in [-0.2, 0) is 6.42 Å². The molecule has 0 saturated heterocycles. The lowest BCUT2D eigenvalue weighted by Crippen LogP contribution is -2.44. The molecule has 0 bridgehead atoms. The summed E-state index contributed by atoms with van der Waals surface area (Å²) in [5.74, 6) is 3.11. The third-order valence-corrected chi connectivity index (χ3v) is 3.82. The molecular weight excluding hydrogens is 278 g/mol. The Morgan fingerprint density at radius 2 is 2.00 bits per heavy atom. The Morgan fingerprint density at radius 3 is 2.73 bits per heavy atom. The van der Waals surface area contributed by atoms with Crippen molar-refractivity contribution in [1.82, 2.24) is 10.6 Å². The molecule has 1 aliphatic rings. The van der Waals surface area contributed by atoms with Crippen LogP contribution in [0.25, 0.3) is 0 Å². The van der Waals surface area contributed by atoms with Crippen molar-refractivity contribution in [2.24, 2.45) is 10.9 Å². The second-order valence-electron chi connectivity index (χ2n) is 5.88. The van der Waals surface area contributed by atoms with Crippen LogP contribution in [0.3, 0.4) is 0 Å². The van der Waals surface area contributed by atoms with E-state index in [-0.39, 0.29) is 0 Å². The van der Waals surface area contributed by atoms with Gasteiger partial charge < -0.3 is 20.1 Å². The summed E-state index contributed by atoms with van der Waals surface area (Å²) in [5.41, 5.74) is 1.21. The molecular formula is C17H27N3O2. The third-order valence-electron chi connectivity index (χ3n) is 3.82. The first-order valence-corrected chi connectivity index (χ1v) is 8.03. The van der Waals surface area contributed by atoms with Gasteiger partial charge in [0.15, 0.2) is 17.5 Å². The Kier molecular flexibility index (Phi) is 5.92. The van der Waals surface area contributed by atoms with E-state index in [0.29, 0.717) is 18.8 Å². The first-order valence-electron chi connectivity index (χ1n) is 8.03. The van der Waals surface area contributed by atoms with E-state index in [0.717, 1.165) is 37.0 Å². The van der Waals surface area contributed by atoms with Gasteiger partial charge in [-0.2, -0.15) is 0 Å². The van der Waals surface area contributed by atoms with Crippen molar-refractivity contribution < 1.29 is 9.47 Å². The second kappa shape index (κ2) is 7.92. The zero-order chi connectivity index (χ0) is 15.9. The summed E-state index contributed by atoms with van der Waals surface area (Å²) in [5, 5.41) is 6.73. The van der Waals surface area contributed by atoms with Crippen molar-refractivity contribution in [3.63, 3.8) is 0 Å². The van der Waals surface area contributed by atoms with Gasteiger partial charge in [0.1, 0.15) is 0 Å². The molecule has 1 unspecified atom stereocenters. The largest absolute Gasteiger partial charge is 0.454 e. The Balaban J connectivity index is 1.90. The lowest BCUT2D eigenvalue weighted by molar-refractivity contribution is 0.174. The molecule has 1 aromatic carbocycles. The number of benzene rings is 1. The summed E-state index contributed by atoms with van der Waals surface area (Å²) in [6.07, 6.45) is 0.878. The van der Waals surface area contributed by atoms with Crippen LogP contribution in [0.1, 0.15) is 33.3 Å². The van der Waals surface area contributed by atoms with Gasteiger partial charge in [0, 0.05) is 19.1 Å². The van der Waals surface area contributed by atoms with Crippen LogP contribution in [0.15, 0.2) is 23.2 Å². The maximum Gasteiger partial charge on any atom is 0.231 e. The molecule has 5 heteroatoms. The van der Waals surface area contributed by atoms with Crippen molar-refractivity contribution >= 4 is 5.96 Å². The smallest absolute Gasteiger partial charge is 0.231 e. The van der Waals surface area contributed by atoms with Crippen molar-refractivity contribution in [3.05, 3.63) is 23.8 Å². The summed E-state index contributed by atoms with van der Waals surface area (Å²) in [7, 11) is 0. The highest BCUT2D eigenvalue weighted by atomic mass is 16.7. The fourth-order valence-electron chi connectivity index (χ4n) is 2.10. The number of nitrogens with one attached hydrogen (secondary N) is 2. The van der Waals surface area contributed by atoms with Crippen LogP contribution >= 0.6 is 0 Å². The van der Waals surface area contributed by atoms with E-state index in [1.807, 2.05) is 12.1 Å². The van der Waals surface area contributed by atoms with Gasteiger partial charge in [-0.3, -0.25) is 4.99 Å². The molecule has 1 aliphatic heterocycles. The maximum atomic E-state index is 5.40. The van der Waals surface area contributed by atoms with E-state index in [1.54, 1.807) is 0 Å². The molecule has 0 amide bonds. The molecule has 1 heterocycles. The van der Waals surface area contributed by atoms with E-state index in [9.17, 15) is 0 Å². The van der Waals surface area contributed by atoms with E-state index in [1.165, 1.54) is 5.56 Å². The third kappa shape index (κ3) is 4.55. The van der Waals surface area contributed by atoms with Crippen LogP contribution in [0.4, 0.5) is 0 Å². The molecule has 0 aliphatic carbocycles. The highest BCUT2D eigenvalue weighted by Crippen LogP contribution is 2.32. The minimum absolute atomic E-state index is 0.318. The van der Waals surface area contributed by atoms with Gasteiger partial charge >= 0.3 is 0 Å². The number of guanidine groups is 1. The average Bonchev–Trinajstić information content (AvgIpc) is 2.94. The number of aliphatic imine (C=N–C) groups is 1. The first kappa shape index (κ1) is 16.5. The zero-order valence-corrected chi connectivity index (χ0v) is 14.0. The summed E-state index contributed by atoms with van der Waals surface area (Å²) < 4.78 is 10.7. The van der Waals surface area contributed by atoms with Crippen molar-refractivity contribution in [1.29, 1.82) is 0 Å². The normalized spacial score (nSPS) is 15.0. The monoisotopic (exact) mass is 305 g/mol.